The molecule has 0 aliphatic heterocycles. The molecule has 5 heteroatoms. The molecule has 43 heavy (non-hydrogen) atoms. The second kappa shape index (κ2) is 20.9. The average Bonchev–Trinajstić information content (AvgIpc) is 3.10. The molecule has 0 N–H and O–H groups in total. The van der Waals surface area contributed by atoms with E-state index in [1.807, 2.05) is 0 Å². The van der Waals surface area contributed by atoms with E-state index in [2.05, 4.69) is 196 Å². The maximum atomic E-state index is 7.50. The van der Waals surface area contributed by atoms with Gasteiger partial charge in [0.05, 0.1) is 0 Å². The summed E-state index contributed by atoms with van der Waals surface area (Å²) in [7, 11) is -0.892. The van der Waals surface area contributed by atoms with Gasteiger partial charge < -0.3 is 0 Å². The number of hydrogen-bond acceptors (Lipinski definition) is 2. The topological polar surface area (TPSA) is 34.1 Å². The van der Waals surface area contributed by atoms with Crippen molar-refractivity contribution < 1.29 is 29.1 Å². The van der Waals surface area contributed by atoms with Crippen molar-refractivity contribution in [2.75, 3.05) is 0 Å². The van der Waals surface area contributed by atoms with Crippen molar-refractivity contribution in [1.82, 2.24) is 0 Å². The molecular weight excluding hydrogens is 651 g/mol. The summed E-state index contributed by atoms with van der Waals surface area (Å²) in [5.74, 6) is 0. The molecular formula is C38H30O2P2Ru. The molecule has 0 fully saturated rings. The molecule has 6 aromatic rings. The third kappa shape index (κ3) is 10.7. The van der Waals surface area contributed by atoms with Crippen LogP contribution in [0.15, 0.2) is 182 Å². The van der Waals surface area contributed by atoms with Crippen LogP contribution in [0.4, 0.5) is 0 Å². The van der Waals surface area contributed by atoms with E-state index >= 15 is 0 Å². The molecule has 0 saturated heterocycles. The van der Waals surface area contributed by atoms with Crippen LogP contribution in [-0.4, -0.2) is 13.6 Å². The zero-order chi connectivity index (χ0) is 29.8. The van der Waals surface area contributed by atoms with E-state index in [9.17, 15) is 0 Å². The molecule has 6 rings (SSSR count). The van der Waals surface area contributed by atoms with Gasteiger partial charge in [-0.1, -0.05) is 182 Å². The van der Waals surface area contributed by atoms with Gasteiger partial charge in [0, 0.05) is 19.5 Å². The van der Waals surface area contributed by atoms with Crippen LogP contribution in [0, 0.1) is 0 Å². The summed E-state index contributed by atoms with van der Waals surface area (Å²) in [5.41, 5.74) is 0. The minimum absolute atomic E-state index is 0. The van der Waals surface area contributed by atoms with Crippen molar-refractivity contribution in [2.45, 2.75) is 0 Å². The van der Waals surface area contributed by atoms with Crippen molar-refractivity contribution in [3.8, 4) is 0 Å². The summed E-state index contributed by atoms with van der Waals surface area (Å²) in [4.78, 5) is 15.0. The first-order valence-electron chi connectivity index (χ1n) is 13.2. The van der Waals surface area contributed by atoms with Crippen LogP contribution in [-0.2, 0) is 29.1 Å². The van der Waals surface area contributed by atoms with Crippen molar-refractivity contribution in [3.63, 3.8) is 0 Å². The smallest absolute Gasteiger partial charge is 0.281 e. The zero-order valence-corrected chi connectivity index (χ0v) is 26.9. The fourth-order valence-corrected chi connectivity index (χ4v) is 8.97. The Bertz CT molecular complexity index is 1220. The van der Waals surface area contributed by atoms with Crippen LogP contribution in [0.3, 0.4) is 0 Å². The second-order valence-corrected chi connectivity index (χ2v) is 13.1. The predicted octanol–water partition coefficient (Wildman–Crippen LogP) is 6.09. The van der Waals surface area contributed by atoms with Gasteiger partial charge in [0.15, 0.2) is 0 Å². The third-order valence-electron chi connectivity index (χ3n) is 6.09. The van der Waals surface area contributed by atoms with E-state index in [0.717, 1.165) is 0 Å². The summed E-state index contributed by atoms with van der Waals surface area (Å²) in [5, 5.41) is 8.39. The van der Waals surface area contributed by atoms with Gasteiger partial charge in [-0.15, -0.1) is 0 Å². The minimum atomic E-state index is -0.446. The average molecular weight is 682 g/mol. The van der Waals surface area contributed by atoms with E-state index in [0.29, 0.717) is 0 Å². The van der Waals surface area contributed by atoms with Crippen LogP contribution in [0.2, 0.25) is 0 Å². The Labute approximate surface area is 271 Å². The molecule has 212 valence electrons. The Morgan fingerprint density at radius 3 is 0.488 bits per heavy atom. The van der Waals surface area contributed by atoms with Gasteiger partial charge in [0.2, 0.25) is 0 Å². The van der Waals surface area contributed by atoms with Crippen molar-refractivity contribution in [2.24, 2.45) is 0 Å². The fourth-order valence-electron chi connectivity index (χ4n) is 4.36. The largest absolute Gasteiger partial charge is 0.281 e. The molecule has 2 nitrogen and oxygen atoms in total. The van der Waals surface area contributed by atoms with E-state index in [-0.39, 0.29) is 19.5 Å². The van der Waals surface area contributed by atoms with Crippen LogP contribution in [0.1, 0.15) is 0 Å². The quantitative estimate of drug-likeness (QED) is 0.158. The van der Waals surface area contributed by atoms with E-state index in [1.54, 1.807) is 0 Å². The van der Waals surface area contributed by atoms with Gasteiger partial charge in [0.1, 0.15) is 0 Å². The molecule has 4 radical (unpaired) electrons. The van der Waals surface area contributed by atoms with Gasteiger partial charge >= 0.3 is 0 Å². The number of benzene rings is 6. The summed E-state index contributed by atoms with van der Waals surface area (Å²) in [6, 6.07) is 64.7. The van der Waals surface area contributed by atoms with Crippen molar-refractivity contribution in [1.29, 1.82) is 0 Å². The SMILES string of the molecule is [C]=O.[C]=O.[Ru].c1ccc(P(c2ccccc2)c2ccccc2)cc1.c1ccc(P(c2ccccc2)c2ccccc2)cc1. The maximum Gasteiger partial charge on any atom is 0.281 e. The third-order valence-corrected chi connectivity index (χ3v) is 11.0. The number of carbonyl (C=O) groups excluding carboxylic acids is 2. The summed E-state index contributed by atoms with van der Waals surface area (Å²) in [6.07, 6.45) is 0. The Kier molecular flexibility index (Phi) is 17.2. The van der Waals surface area contributed by atoms with E-state index < -0.39 is 15.8 Å². The molecule has 0 aliphatic carbocycles. The molecule has 6 aromatic carbocycles. The Balaban J connectivity index is 0.000000264. The van der Waals surface area contributed by atoms with Crippen LogP contribution >= 0.6 is 15.8 Å². The first-order valence-corrected chi connectivity index (χ1v) is 15.9. The molecule has 0 bridgehead atoms. The molecule has 0 atom stereocenters. The molecule has 0 aromatic heterocycles. The first-order chi connectivity index (χ1) is 20.9. The van der Waals surface area contributed by atoms with E-state index in [1.165, 1.54) is 31.8 Å². The minimum Gasteiger partial charge on any atom is -0.281 e. The standard InChI is InChI=1S/2C18H15P.2CO.Ru/c2*1-4-10-16(11-5-1)19(17-12-6-2-7-13-17)18-14-8-3-9-15-18;2*1-2;/h2*1-15H;;;. The van der Waals surface area contributed by atoms with Gasteiger partial charge in [-0.25, -0.2) is 0 Å². The summed E-state index contributed by atoms with van der Waals surface area (Å²) >= 11 is 0. The summed E-state index contributed by atoms with van der Waals surface area (Å²) in [6.45, 7) is 9.00. The Morgan fingerprint density at radius 2 is 0.372 bits per heavy atom. The molecule has 0 unspecified atom stereocenters. The van der Waals surface area contributed by atoms with Gasteiger partial charge in [-0.2, -0.15) is 0 Å². The molecule has 0 saturated carbocycles. The monoisotopic (exact) mass is 682 g/mol. The number of hydrogen-bond donors (Lipinski definition) is 0. The first kappa shape index (κ1) is 35.3. The normalized spacial score (nSPS) is 9.53. The number of rotatable bonds is 6. The van der Waals surface area contributed by atoms with Gasteiger partial charge in [-0.3, -0.25) is 9.59 Å². The Hall–Kier alpha value is -3.86. The fraction of sp³-hybridized carbons (Fsp3) is 0. The van der Waals surface area contributed by atoms with Gasteiger partial charge in [-0.05, 0) is 47.7 Å². The van der Waals surface area contributed by atoms with E-state index in [4.69, 9.17) is 9.59 Å². The van der Waals surface area contributed by atoms with Crippen LogP contribution < -0.4 is 31.8 Å². The van der Waals surface area contributed by atoms with Crippen molar-refractivity contribution in [3.05, 3.63) is 182 Å². The molecule has 0 aliphatic rings. The molecule has 0 amide bonds. The summed E-state index contributed by atoms with van der Waals surface area (Å²) < 4.78 is 0. The maximum absolute atomic E-state index is 7.50. The predicted molar refractivity (Wildman–Crippen MR) is 182 cm³/mol. The van der Waals surface area contributed by atoms with Gasteiger partial charge in [0.25, 0.3) is 13.6 Å². The Morgan fingerprint density at radius 1 is 0.256 bits per heavy atom. The molecule has 0 heterocycles. The second-order valence-electron chi connectivity index (χ2n) is 8.68. The van der Waals surface area contributed by atoms with Crippen LogP contribution in [0.25, 0.3) is 0 Å². The molecule has 0 spiro atoms. The van der Waals surface area contributed by atoms with Crippen LogP contribution in [0.5, 0.6) is 0 Å². The zero-order valence-electron chi connectivity index (χ0n) is 23.4. The van der Waals surface area contributed by atoms with Crippen molar-refractivity contribution >= 4 is 61.2 Å².